The average molecular weight is 349 g/mol. The first-order valence-corrected chi connectivity index (χ1v) is 9.14. The molecule has 2 heterocycles. The summed E-state index contributed by atoms with van der Waals surface area (Å²) in [6.45, 7) is 10.1. The molecule has 0 bridgehead atoms. The van der Waals surface area contributed by atoms with Crippen molar-refractivity contribution in [2.45, 2.75) is 20.8 Å². The molecule has 0 aliphatic heterocycles. The number of aryl methyl sites for hydroxylation is 1. The Morgan fingerprint density at radius 2 is 1.96 bits per heavy atom. The average Bonchev–Trinajstić information content (AvgIpc) is 3.08. The zero-order chi connectivity index (χ0) is 18.3. The molecule has 134 valence electrons. The number of aromatic nitrogens is 3. The third-order valence-corrected chi connectivity index (χ3v) is 5.10. The predicted octanol–water partition coefficient (Wildman–Crippen LogP) is 2.90. The second-order valence-corrected chi connectivity index (χ2v) is 6.66. The molecule has 0 fully saturated rings. The van der Waals surface area contributed by atoms with E-state index in [2.05, 4.69) is 34.4 Å². The van der Waals surface area contributed by atoms with Crippen molar-refractivity contribution in [3.8, 4) is 0 Å². The molecule has 0 aliphatic carbocycles. The molecule has 6 nitrogen and oxygen atoms in total. The summed E-state index contributed by atoms with van der Waals surface area (Å²) in [5.74, 6) is 0. The van der Waals surface area contributed by atoms with Gasteiger partial charge in [-0.1, -0.05) is 30.7 Å². The van der Waals surface area contributed by atoms with Gasteiger partial charge < -0.3 is 10.2 Å². The highest BCUT2D eigenvalue weighted by Gasteiger charge is 2.17. The first-order valence-electron chi connectivity index (χ1n) is 9.14. The van der Waals surface area contributed by atoms with E-state index < -0.39 is 0 Å². The Balaban J connectivity index is 1.87. The maximum Gasteiger partial charge on any atom is 0.199 e. The summed E-state index contributed by atoms with van der Waals surface area (Å²) in [5.41, 5.74) is 4.28. The first-order chi connectivity index (χ1) is 12.6. The number of likely N-dealkylation sites (N-methyl/N-ethyl adjacent to an activating group) is 1. The summed E-state index contributed by atoms with van der Waals surface area (Å²) >= 11 is 0. The van der Waals surface area contributed by atoms with Crippen LogP contribution in [0.3, 0.4) is 0 Å². The Kier molecular flexibility index (Phi) is 4.20. The minimum absolute atomic E-state index is 0.0365. The summed E-state index contributed by atoms with van der Waals surface area (Å²) in [4.78, 5) is 15.6. The van der Waals surface area contributed by atoms with Crippen molar-refractivity contribution in [2.24, 2.45) is 0 Å². The Labute approximate surface area is 151 Å². The van der Waals surface area contributed by atoms with E-state index in [9.17, 15) is 4.79 Å². The summed E-state index contributed by atoms with van der Waals surface area (Å²) in [7, 11) is 0. The number of anilines is 1. The molecule has 1 N–H and O–H groups in total. The van der Waals surface area contributed by atoms with Crippen molar-refractivity contribution in [2.75, 3.05) is 31.5 Å². The first kappa shape index (κ1) is 16.7. The quantitative estimate of drug-likeness (QED) is 0.542. The summed E-state index contributed by atoms with van der Waals surface area (Å²) in [5, 5.41) is 13.3. The fraction of sp³-hybridized carbons (Fsp3) is 0.350. The van der Waals surface area contributed by atoms with Gasteiger partial charge in [-0.05, 0) is 44.3 Å². The van der Waals surface area contributed by atoms with Crippen LogP contribution in [0.4, 0.5) is 5.69 Å². The number of hydrogen-bond acceptors (Lipinski definition) is 5. The number of benzene rings is 2. The van der Waals surface area contributed by atoms with Crippen molar-refractivity contribution in [1.29, 1.82) is 0 Å². The molecule has 6 heteroatoms. The lowest BCUT2D eigenvalue weighted by atomic mass is 10.1. The van der Waals surface area contributed by atoms with Crippen LogP contribution in [-0.2, 0) is 0 Å². The number of pyridine rings is 1. The third kappa shape index (κ3) is 2.57. The Bertz CT molecular complexity index is 1130. The summed E-state index contributed by atoms with van der Waals surface area (Å²) in [6, 6.07) is 9.74. The van der Waals surface area contributed by atoms with E-state index in [0.29, 0.717) is 10.8 Å². The molecule has 0 spiro atoms. The lowest BCUT2D eigenvalue weighted by molar-refractivity contribution is 0.316. The van der Waals surface area contributed by atoms with Crippen LogP contribution in [0.25, 0.3) is 27.3 Å². The lowest BCUT2D eigenvalue weighted by Gasteiger charge is -2.19. The standard InChI is InChI=1S/C20H23N5O/c1-4-24(5-2)11-10-21-15-7-8-16-19-18(15)20(26)14-12-13(3)6-9-17(14)25(19)23-22-16/h6-9,12,21H,4-5,10-11H2,1-3H3. The van der Waals surface area contributed by atoms with Gasteiger partial charge in [-0.2, -0.15) is 0 Å². The van der Waals surface area contributed by atoms with E-state index in [1.165, 1.54) is 0 Å². The maximum absolute atomic E-state index is 13.3. The smallest absolute Gasteiger partial charge is 0.199 e. The second-order valence-electron chi connectivity index (χ2n) is 6.66. The van der Waals surface area contributed by atoms with E-state index in [0.717, 1.165) is 54.0 Å². The van der Waals surface area contributed by atoms with Gasteiger partial charge in [0.1, 0.15) is 11.0 Å². The molecule has 4 rings (SSSR count). The molecular weight excluding hydrogens is 326 g/mol. The lowest BCUT2D eigenvalue weighted by Crippen LogP contribution is -2.28. The molecule has 0 unspecified atom stereocenters. The molecule has 4 aromatic rings. The van der Waals surface area contributed by atoms with Crippen LogP contribution in [0.1, 0.15) is 19.4 Å². The highest BCUT2D eigenvalue weighted by molar-refractivity contribution is 6.06. The highest BCUT2D eigenvalue weighted by Crippen LogP contribution is 2.27. The number of rotatable bonds is 6. The van der Waals surface area contributed by atoms with Crippen LogP contribution >= 0.6 is 0 Å². The van der Waals surface area contributed by atoms with E-state index in [1.807, 2.05) is 37.3 Å². The number of fused-ring (bicyclic) bond motifs is 2. The summed E-state index contributed by atoms with van der Waals surface area (Å²) in [6.07, 6.45) is 0. The van der Waals surface area contributed by atoms with Crippen molar-refractivity contribution in [3.05, 3.63) is 46.1 Å². The third-order valence-electron chi connectivity index (χ3n) is 5.10. The molecule has 0 saturated heterocycles. The van der Waals surface area contributed by atoms with E-state index in [4.69, 9.17) is 0 Å². The van der Waals surface area contributed by atoms with E-state index in [-0.39, 0.29) is 5.43 Å². The minimum atomic E-state index is 0.0365. The molecule has 0 amide bonds. The van der Waals surface area contributed by atoms with Gasteiger partial charge in [-0.15, -0.1) is 5.10 Å². The molecule has 2 aromatic heterocycles. The highest BCUT2D eigenvalue weighted by atomic mass is 16.1. The van der Waals surface area contributed by atoms with Gasteiger partial charge in [0.15, 0.2) is 5.43 Å². The van der Waals surface area contributed by atoms with Gasteiger partial charge in [0.2, 0.25) is 0 Å². The fourth-order valence-corrected chi connectivity index (χ4v) is 3.60. The van der Waals surface area contributed by atoms with E-state index >= 15 is 0 Å². The van der Waals surface area contributed by atoms with Gasteiger partial charge in [0.05, 0.1) is 10.9 Å². The van der Waals surface area contributed by atoms with Gasteiger partial charge in [-0.3, -0.25) is 4.79 Å². The van der Waals surface area contributed by atoms with Crippen LogP contribution < -0.4 is 10.7 Å². The topological polar surface area (TPSA) is 62.5 Å². The van der Waals surface area contributed by atoms with Gasteiger partial charge in [-0.25, -0.2) is 4.52 Å². The molecule has 0 saturated carbocycles. The molecule has 0 atom stereocenters. The van der Waals surface area contributed by atoms with Crippen LogP contribution in [0.5, 0.6) is 0 Å². The van der Waals surface area contributed by atoms with Gasteiger partial charge in [0, 0.05) is 24.2 Å². The van der Waals surface area contributed by atoms with Crippen LogP contribution in [0.2, 0.25) is 0 Å². The number of nitrogens with zero attached hydrogens (tertiary/aromatic N) is 4. The molecular formula is C20H23N5O. The predicted molar refractivity (Wildman–Crippen MR) is 106 cm³/mol. The van der Waals surface area contributed by atoms with Crippen LogP contribution in [-0.4, -0.2) is 45.9 Å². The van der Waals surface area contributed by atoms with Crippen molar-refractivity contribution in [1.82, 2.24) is 19.7 Å². The van der Waals surface area contributed by atoms with Crippen molar-refractivity contribution >= 4 is 33.0 Å². The Hall–Kier alpha value is -2.73. The normalized spacial score (nSPS) is 12.0. The fourth-order valence-electron chi connectivity index (χ4n) is 3.60. The second kappa shape index (κ2) is 6.53. The largest absolute Gasteiger partial charge is 0.383 e. The van der Waals surface area contributed by atoms with Gasteiger partial charge >= 0.3 is 0 Å². The van der Waals surface area contributed by atoms with Crippen LogP contribution in [0, 0.1) is 6.92 Å². The molecule has 2 aromatic carbocycles. The van der Waals surface area contributed by atoms with Crippen molar-refractivity contribution in [3.63, 3.8) is 0 Å². The molecule has 26 heavy (non-hydrogen) atoms. The monoisotopic (exact) mass is 349 g/mol. The zero-order valence-electron chi connectivity index (χ0n) is 15.4. The molecule has 0 radical (unpaired) electrons. The van der Waals surface area contributed by atoms with E-state index in [1.54, 1.807) is 4.52 Å². The van der Waals surface area contributed by atoms with Crippen molar-refractivity contribution < 1.29 is 0 Å². The summed E-state index contributed by atoms with van der Waals surface area (Å²) < 4.78 is 1.79. The Morgan fingerprint density at radius 1 is 1.15 bits per heavy atom. The Morgan fingerprint density at radius 3 is 2.73 bits per heavy atom. The number of nitrogens with one attached hydrogen (secondary N) is 1. The van der Waals surface area contributed by atoms with Gasteiger partial charge in [0.25, 0.3) is 0 Å². The minimum Gasteiger partial charge on any atom is -0.383 e. The number of hydrogen-bond donors (Lipinski definition) is 1. The maximum atomic E-state index is 13.3. The van der Waals surface area contributed by atoms with Crippen LogP contribution in [0.15, 0.2) is 35.1 Å². The zero-order valence-corrected chi connectivity index (χ0v) is 15.4. The SMILES string of the molecule is CCN(CC)CCNc1ccc2nnn3c4ccc(C)cc4c(=O)c1c23. The molecule has 0 aliphatic rings.